The standard InChI is InChI=1S/C18H23N5O2S/c1-5-10-26-18-21-17-20-12(4)14(16(24)25-11(2)3)15(23(17)22-18)13-6-8-19-9-7-13/h6-9,11,15H,5,10H2,1-4H3,(H,20,21,22). The van der Waals surface area contributed by atoms with Crippen LogP contribution >= 0.6 is 11.8 Å². The Morgan fingerprint density at radius 1 is 1.38 bits per heavy atom. The first-order chi connectivity index (χ1) is 12.5. The predicted octanol–water partition coefficient (Wildman–Crippen LogP) is 3.42. The van der Waals surface area contributed by atoms with Gasteiger partial charge in [0.05, 0.1) is 11.7 Å². The average molecular weight is 373 g/mol. The molecule has 1 atom stereocenters. The first-order valence-corrected chi connectivity index (χ1v) is 9.67. The number of carbonyl (C=O) groups excluding carboxylic acids is 1. The zero-order valence-corrected chi connectivity index (χ0v) is 16.2. The van der Waals surface area contributed by atoms with Crippen LogP contribution in [0.2, 0.25) is 0 Å². The number of pyridine rings is 1. The van der Waals surface area contributed by atoms with Crippen LogP contribution in [0.4, 0.5) is 5.95 Å². The molecule has 0 aliphatic carbocycles. The summed E-state index contributed by atoms with van der Waals surface area (Å²) in [5.74, 6) is 1.22. The molecule has 0 saturated carbocycles. The fraction of sp³-hybridized carbons (Fsp3) is 0.444. The maximum atomic E-state index is 12.8. The van der Waals surface area contributed by atoms with Crippen molar-refractivity contribution in [2.45, 2.75) is 51.4 Å². The van der Waals surface area contributed by atoms with E-state index in [4.69, 9.17) is 4.74 Å². The number of esters is 1. The minimum Gasteiger partial charge on any atom is -0.459 e. The lowest BCUT2D eigenvalue weighted by atomic mass is 9.96. The van der Waals surface area contributed by atoms with Crippen molar-refractivity contribution >= 4 is 23.7 Å². The van der Waals surface area contributed by atoms with Crippen molar-refractivity contribution in [2.75, 3.05) is 11.1 Å². The molecule has 1 unspecified atom stereocenters. The van der Waals surface area contributed by atoms with Gasteiger partial charge >= 0.3 is 5.97 Å². The largest absolute Gasteiger partial charge is 0.459 e. The van der Waals surface area contributed by atoms with Crippen molar-refractivity contribution in [1.82, 2.24) is 19.7 Å². The summed E-state index contributed by atoms with van der Waals surface area (Å²) in [5.41, 5.74) is 2.17. The van der Waals surface area contributed by atoms with Crippen LogP contribution < -0.4 is 5.32 Å². The smallest absolute Gasteiger partial charge is 0.338 e. The Hall–Kier alpha value is -2.35. The Labute approximate surface area is 157 Å². The van der Waals surface area contributed by atoms with Gasteiger partial charge in [0, 0.05) is 23.8 Å². The summed E-state index contributed by atoms with van der Waals surface area (Å²) in [4.78, 5) is 21.4. The summed E-state index contributed by atoms with van der Waals surface area (Å²) >= 11 is 1.60. The molecule has 8 heteroatoms. The third kappa shape index (κ3) is 3.75. The van der Waals surface area contributed by atoms with E-state index >= 15 is 0 Å². The molecule has 0 aromatic carbocycles. The topological polar surface area (TPSA) is 81.9 Å². The van der Waals surface area contributed by atoms with Crippen molar-refractivity contribution in [1.29, 1.82) is 0 Å². The molecule has 3 heterocycles. The Balaban J connectivity index is 2.06. The highest BCUT2D eigenvalue weighted by atomic mass is 32.2. The fourth-order valence-electron chi connectivity index (χ4n) is 2.78. The first-order valence-electron chi connectivity index (χ1n) is 8.69. The second kappa shape index (κ2) is 7.90. The summed E-state index contributed by atoms with van der Waals surface area (Å²) in [6.45, 7) is 7.66. The number of anilines is 1. The maximum absolute atomic E-state index is 12.8. The molecular formula is C18H23N5O2S. The number of nitrogens with zero attached hydrogens (tertiary/aromatic N) is 4. The van der Waals surface area contributed by atoms with Gasteiger partial charge in [0.1, 0.15) is 6.04 Å². The molecule has 7 nitrogen and oxygen atoms in total. The number of nitrogens with one attached hydrogen (secondary N) is 1. The molecule has 1 aliphatic rings. The third-order valence-corrected chi connectivity index (χ3v) is 4.90. The molecule has 0 amide bonds. The highest BCUT2D eigenvalue weighted by molar-refractivity contribution is 7.99. The van der Waals surface area contributed by atoms with Crippen molar-refractivity contribution in [2.24, 2.45) is 0 Å². The number of thioether (sulfide) groups is 1. The molecule has 0 spiro atoms. The SMILES string of the molecule is CCCSc1nc2n(n1)C(c1ccncc1)C(C(=O)OC(C)C)=C(C)N2. The van der Waals surface area contributed by atoms with E-state index in [2.05, 4.69) is 27.3 Å². The molecule has 2 aromatic heterocycles. The fourth-order valence-corrected chi connectivity index (χ4v) is 3.47. The predicted molar refractivity (Wildman–Crippen MR) is 101 cm³/mol. The summed E-state index contributed by atoms with van der Waals surface area (Å²) < 4.78 is 7.24. The quantitative estimate of drug-likeness (QED) is 0.614. The molecule has 26 heavy (non-hydrogen) atoms. The monoisotopic (exact) mass is 373 g/mol. The Morgan fingerprint density at radius 3 is 2.77 bits per heavy atom. The average Bonchev–Trinajstić information content (AvgIpc) is 3.01. The van der Waals surface area contributed by atoms with Crippen LogP contribution in [0.3, 0.4) is 0 Å². The van der Waals surface area contributed by atoms with Gasteiger partial charge in [-0.05, 0) is 44.9 Å². The minimum atomic E-state index is -0.399. The van der Waals surface area contributed by atoms with E-state index in [1.165, 1.54) is 0 Å². The number of rotatable bonds is 6. The molecule has 3 rings (SSSR count). The zero-order chi connectivity index (χ0) is 18.7. The summed E-state index contributed by atoms with van der Waals surface area (Å²) in [5, 5.41) is 8.53. The van der Waals surface area contributed by atoms with Gasteiger partial charge in [-0.2, -0.15) is 4.98 Å². The van der Waals surface area contributed by atoms with Crippen LogP contribution in [-0.4, -0.2) is 37.6 Å². The zero-order valence-electron chi connectivity index (χ0n) is 15.4. The van der Waals surface area contributed by atoms with Gasteiger partial charge < -0.3 is 10.1 Å². The van der Waals surface area contributed by atoms with E-state index in [0.29, 0.717) is 16.7 Å². The van der Waals surface area contributed by atoms with E-state index < -0.39 is 6.04 Å². The van der Waals surface area contributed by atoms with Gasteiger partial charge in [0.25, 0.3) is 0 Å². The van der Waals surface area contributed by atoms with E-state index in [9.17, 15) is 4.79 Å². The van der Waals surface area contributed by atoms with E-state index in [1.807, 2.05) is 32.9 Å². The highest BCUT2D eigenvalue weighted by Crippen LogP contribution is 2.36. The maximum Gasteiger partial charge on any atom is 0.338 e. The van der Waals surface area contributed by atoms with Crippen LogP contribution in [0.1, 0.15) is 45.7 Å². The molecular weight excluding hydrogens is 350 g/mol. The first kappa shape index (κ1) is 18.4. The number of fused-ring (bicyclic) bond motifs is 1. The van der Waals surface area contributed by atoms with Gasteiger partial charge in [0.2, 0.25) is 11.1 Å². The molecule has 0 fully saturated rings. The molecule has 0 bridgehead atoms. The number of ether oxygens (including phenoxy) is 1. The molecule has 138 valence electrons. The molecule has 1 N–H and O–H groups in total. The summed E-state index contributed by atoms with van der Waals surface area (Å²) in [6.07, 6.45) is 4.26. The van der Waals surface area contributed by atoms with E-state index in [-0.39, 0.29) is 12.1 Å². The summed E-state index contributed by atoms with van der Waals surface area (Å²) in [7, 11) is 0. The normalized spacial score (nSPS) is 16.4. The number of aromatic nitrogens is 4. The number of carbonyl (C=O) groups is 1. The number of hydrogen-bond donors (Lipinski definition) is 1. The van der Waals surface area contributed by atoms with Crippen LogP contribution in [0, 0.1) is 0 Å². The van der Waals surface area contributed by atoms with Crippen LogP contribution in [0.5, 0.6) is 0 Å². The van der Waals surface area contributed by atoms with Gasteiger partial charge in [0.15, 0.2) is 0 Å². The van der Waals surface area contributed by atoms with Crippen molar-refractivity contribution in [3.63, 3.8) is 0 Å². The second-order valence-electron chi connectivity index (χ2n) is 6.31. The lowest BCUT2D eigenvalue weighted by molar-refractivity contribution is -0.143. The molecule has 0 radical (unpaired) electrons. The van der Waals surface area contributed by atoms with Gasteiger partial charge in [-0.3, -0.25) is 4.98 Å². The number of allylic oxidation sites excluding steroid dienone is 1. The Kier molecular flexibility index (Phi) is 5.61. The highest BCUT2D eigenvalue weighted by Gasteiger charge is 2.35. The van der Waals surface area contributed by atoms with Gasteiger partial charge in [-0.15, -0.1) is 5.10 Å². The van der Waals surface area contributed by atoms with E-state index in [1.54, 1.807) is 28.8 Å². The number of hydrogen-bond acceptors (Lipinski definition) is 7. The molecule has 2 aromatic rings. The van der Waals surface area contributed by atoms with Gasteiger partial charge in [-0.25, -0.2) is 9.48 Å². The van der Waals surface area contributed by atoms with Gasteiger partial charge in [-0.1, -0.05) is 18.7 Å². The Bertz CT molecular complexity index is 816. The van der Waals surface area contributed by atoms with Crippen molar-refractivity contribution in [3.05, 3.63) is 41.4 Å². The van der Waals surface area contributed by atoms with Crippen molar-refractivity contribution in [3.8, 4) is 0 Å². The Morgan fingerprint density at radius 2 is 2.12 bits per heavy atom. The molecule has 0 saturated heterocycles. The van der Waals surface area contributed by atoms with E-state index in [0.717, 1.165) is 23.4 Å². The molecule has 1 aliphatic heterocycles. The lowest BCUT2D eigenvalue weighted by Crippen LogP contribution is -2.30. The lowest BCUT2D eigenvalue weighted by Gasteiger charge is -2.28. The van der Waals surface area contributed by atoms with Crippen LogP contribution in [0.25, 0.3) is 0 Å². The summed E-state index contributed by atoms with van der Waals surface area (Å²) in [6, 6.07) is 3.37. The minimum absolute atomic E-state index is 0.200. The van der Waals surface area contributed by atoms with Crippen molar-refractivity contribution < 1.29 is 9.53 Å². The third-order valence-electron chi connectivity index (χ3n) is 3.85. The van der Waals surface area contributed by atoms with Crippen LogP contribution in [-0.2, 0) is 9.53 Å². The second-order valence-corrected chi connectivity index (χ2v) is 7.37. The van der Waals surface area contributed by atoms with Crippen LogP contribution in [0.15, 0.2) is 41.0 Å².